The van der Waals surface area contributed by atoms with E-state index in [1.54, 1.807) is 22.7 Å². The number of rotatable bonds is 4. The average Bonchev–Trinajstić information content (AvgIpc) is 3.29. The maximum Gasteiger partial charge on any atom is 0.241 e. The van der Waals surface area contributed by atoms with Gasteiger partial charge in [-0.05, 0) is 11.4 Å². The molecular formula is C14H14N4O2S2. The monoisotopic (exact) mass is 334 g/mol. The molecular weight excluding hydrogens is 320 g/mol. The first-order chi connectivity index (χ1) is 10.9. The fraction of sp³-hybridized carbons (Fsp3) is 0.357. The van der Waals surface area contributed by atoms with E-state index in [9.17, 15) is 0 Å². The minimum absolute atomic E-state index is 0.0356. The first-order valence-corrected chi connectivity index (χ1v) is 8.74. The van der Waals surface area contributed by atoms with Crippen LogP contribution in [-0.4, -0.2) is 39.7 Å². The van der Waals surface area contributed by atoms with Gasteiger partial charge in [-0.1, -0.05) is 11.2 Å². The summed E-state index contributed by atoms with van der Waals surface area (Å²) in [4.78, 5) is 12.1. The first-order valence-electron chi connectivity index (χ1n) is 6.98. The van der Waals surface area contributed by atoms with Crippen molar-refractivity contribution >= 4 is 22.7 Å². The highest BCUT2D eigenvalue weighted by Gasteiger charge is 2.25. The molecule has 22 heavy (non-hydrogen) atoms. The summed E-state index contributed by atoms with van der Waals surface area (Å²) in [5.41, 5.74) is 0. The van der Waals surface area contributed by atoms with Crippen molar-refractivity contribution in [1.82, 2.24) is 20.0 Å². The van der Waals surface area contributed by atoms with Crippen molar-refractivity contribution in [1.29, 1.82) is 0 Å². The maximum atomic E-state index is 5.80. The molecule has 1 atom stereocenters. The largest absolute Gasteiger partial charge is 0.368 e. The number of hydrogen-bond acceptors (Lipinski definition) is 8. The fourth-order valence-corrected chi connectivity index (χ4v) is 3.73. The average molecular weight is 334 g/mol. The molecule has 0 bridgehead atoms. The fourth-order valence-electron chi connectivity index (χ4n) is 2.41. The van der Waals surface area contributed by atoms with Gasteiger partial charge in [-0.15, -0.1) is 22.7 Å². The van der Waals surface area contributed by atoms with Crippen molar-refractivity contribution < 1.29 is 9.26 Å². The molecule has 1 saturated heterocycles. The zero-order valence-corrected chi connectivity index (χ0v) is 13.3. The van der Waals surface area contributed by atoms with Gasteiger partial charge in [0, 0.05) is 24.7 Å². The lowest BCUT2D eigenvalue weighted by Gasteiger charge is -2.30. The van der Waals surface area contributed by atoms with Crippen LogP contribution in [0.2, 0.25) is 0 Å². The smallest absolute Gasteiger partial charge is 0.241 e. The first kappa shape index (κ1) is 14.0. The van der Waals surface area contributed by atoms with Gasteiger partial charge in [0.25, 0.3) is 0 Å². The van der Waals surface area contributed by atoms with Crippen LogP contribution in [0, 0.1) is 0 Å². The van der Waals surface area contributed by atoms with Crippen LogP contribution in [-0.2, 0) is 11.3 Å². The van der Waals surface area contributed by atoms with Gasteiger partial charge < -0.3 is 9.26 Å². The van der Waals surface area contributed by atoms with Crippen LogP contribution in [0.3, 0.4) is 0 Å². The van der Waals surface area contributed by atoms with E-state index in [-0.39, 0.29) is 6.10 Å². The minimum Gasteiger partial charge on any atom is -0.368 e. The van der Waals surface area contributed by atoms with Crippen LogP contribution in [0.5, 0.6) is 0 Å². The zero-order valence-electron chi connectivity index (χ0n) is 11.7. The van der Waals surface area contributed by atoms with Crippen molar-refractivity contribution in [3.63, 3.8) is 0 Å². The second-order valence-corrected chi connectivity index (χ2v) is 6.83. The van der Waals surface area contributed by atoms with E-state index in [0.717, 1.165) is 23.0 Å². The standard InChI is InChI=1S/C14H14N4O2S2/c1-2-11(21-6-1)13-16-12(20-17-13)9-18-4-5-19-10(8-18)14-15-3-7-22-14/h1-3,6-7,10H,4-5,8-9H2/t10-/m1/s1. The molecule has 0 amide bonds. The third kappa shape index (κ3) is 2.95. The molecule has 0 aromatic carbocycles. The molecule has 4 rings (SSSR count). The lowest BCUT2D eigenvalue weighted by molar-refractivity contribution is -0.0356. The minimum atomic E-state index is 0.0356. The third-order valence-electron chi connectivity index (χ3n) is 3.45. The van der Waals surface area contributed by atoms with Crippen molar-refractivity contribution in [2.75, 3.05) is 19.7 Å². The van der Waals surface area contributed by atoms with Crippen molar-refractivity contribution in [3.05, 3.63) is 40.0 Å². The molecule has 0 saturated carbocycles. The highest BCUT2D eigenvalue weighted by molar-refractivity contribution is 7.13. The maximum absolute atomic E-state index is 5.80. The van der Waals surface area contributed by atoms with Gasteiger partial charge in [0.05, 0.1) is 18.0 Å². The van der Waals surface area contributed by atoms with E-state index in [2.05, 4.69) is 20.0 Å². The molecule has 6 nitrogen and oxygen atoms in total. The summed E-state index contributed by atoms with van der Waals surface area (Å²) in [5.74, 6) is 1.30. The van der Waals surface area contributed by atoms with Crippen molar-refractivity contribution in [2.45, 2.75) is 12.6 Å². The Hall–Kier alpha value is -1.61. The molecule has 114 valence electrons. The Morgan fingerprint density at radius 3 is 3.14 bits per heavy atom. The van der Waals surface area contributed by atoms with Gasteiger partial charge in [-0.3, -0.25) is 4.90 Å². The van der Waals surface area contributed by atoms with Gasteiger partial charge in [0.1, 0.15) is 11.1 Å². The molecule has 0 aliphatic carbocycles. The summed E-state index contributed by atoms with van der Waals surface area (Å²) in [6.07, 6.45) is 1.85. The van der Waals surface area contributed by atoms with Gasteiger partial charge in [-0.2, -0.15) is 4.98 Å². The zero-order chi connectivity index (χ0) is 14.8. The molecule has 0 radical (unpaired) electrons. The van der Waals surface area contributed by atoms with E-state index >= 15 is 0 Å². The third-order valence-corrected chi connectivity index (χ3v) is 5.18. The number of aromatic nitrogens is 3. The van der Waals surface area contributed by atoms with Crippen molar-refractivity contribution in [2.24, 2.45) is 0 Å². The Bertz CT molecular complexity index is 711. The number of nitrogens with zero attached hydrogens (tertiary/aromatic N) is 4. The van der Waals surface area contributed by atoms with Gasteiger partial charge in [0.2, 0.25) is 11.7 Å². The molecule has 0 spiro atoms. The summed E-state index contributed by atoms with van der Waals surface area (Å²) in [6.45, 7) is 2.99. The SMILES string of the molecule is c1csc(-c2noc(CN3CCO[C@@H](c4nccs4)C3)n2)c1. The summed E-state index contributed by atoms with van der Waals surface area (Å²) in [5, 5.41) is 9.05. The summed E-state index contributed by atoms with van der Waals surface area (Å²) < 4.78 is 11.2. The Kier molecular flexibility index (Phi) is 3.98. The van der Waals surface area contributed by atoms with Gasteiger partial charge >= 0.3 is 0 Å². The van der Waals surface area contributed by atoms with E-state index in [1.165, 1.54) is 0 Å². The van der Waals surface area contributed by atoms with Crippen LogP contribution >= 0.6 is 22.7 Å². The molecule has 1 aliphatic rings. The van der Waals surface area contributed by atoms with Crippen LogP contribution in [0.25, 0.3) is 10.7 Å². The van der Waals surface area contributed by atoms with Gasteiger partial charge in [0.15, 0.2) is 0 Å². The van der Waals surface area contributed by atoms with Crippen LogP contribution in [0.4, 0.5) is 0 Å². The molecule has 1 fully saturated rings. The Morgan fingerprint density at radius 1 is 1.32 bits per heavy atom. The highest BCUT2D eigenvalue weighted by Crippen LogP contribution is 2.25. The molecule has 1 aliphatic heterocycles. The lowest BCUT2D eigenvalue weighted by Crippen LogP contribution is -2.37. The number of ether oxygens (including phenoxy) is 1. The number of thiophene rings is 1. The van der Waals surface area contributed by atoms with Crippen LogP contribution < -0.4 is 0 Å². The molecule has 8 heteroatoms. The van der Waals surface area contributed by atoms with Gasteiger partial charge in [-0.25, -0.2) is 4.98 Å². The Morgan fingerprint density at radius 2 is 2.32 bits per heavy atom. The number of thiazole rings is 1. The Labute approximate surface area is 135 Å². The second-order valence-electron chi connectivity index (χ2n) is 4.95. The second kappa shape index (κ2) is 6.25. The summed E-state index contributed by atoms with van der Waals surface area (Å²) >= 11 is 3.24. The van der Waals surface area contributed by atoms with Crippen molar-refractivity contribution in [3.8, 4) is 10.7 Å². The quantitative estimate of drug-likeness (QED) is 0.731. The summed E-state index contributed by atoms with van der Waals surface area (Å²) in [7, 11) is 0. The number of hydrogen-bond donors (Lipinski definition) is 0. The van der Waals surface area contributed by atoms with E-state index in [1.807, 2.05) is 29.1 Å². The predicted molar refractivity (Wildman–Crippen MR) is 83.7 cm³/mol. The topological polar surface area (TPSA) is 64.3 Å². The predicted octanol–water partition coefficient (Wildman–Crippen LogP) is 2.83. The summed E-state index contributed by atoms with van der Waals surface area (Å²) in [6, 6.07) is 3.98. The molecule has 3 aromatic rings. The number of morpholine rings is 1. The molecule has 0 N–H and O–H groups in total. The molecule has 0 unspecified atom stereocenters. The normalized spacial score (nSPS) is 19.5. The molecule has 3 aromatic heterocycles. The van der Waals surface area contributed by atoms with Crippen LogP contribution in [0.15, 0.2) is 33.6 Å². The van der Waals surface area contributed by atoms with E-state index < -0.39 is 0 Å². The highest BCUT2D eigenvalue weighted by atomic mass is 32.1. The Balaban J connectivity index is 1.43. The van der Waals surface area contributed by atoms with E-state index in [0.29, 0.717) is 24.9 Å². The molecule has 4 heterocycles. The van der Waals surface area contributed by atoms with Crippen LogP contribution in [0.1, 0.15) is 17.0 Å². The van der Waals surface area contributed by atoms with E-state index in [4.69, 9.17) is 9.26 Å². The lowest BCUT2D eigenvalue weighted by atomic mass is 10.3.